The first-order chi connectivity index (χ1) is 6.15. The number of ether oxygens (including phenoxy) is 1. The highest BCUT2D eigenvalue weighted by atomic mass is 16.5. The molecule has 1 amide bonds. The number of hydrogen-bond donors (Lipinski definition) is 1. The molecule has 3 aliphatic rings. The maximum Gasteiger partial charge on any atom is 0.251 e. The van der Waals surface area contributed by atoms with Crippen molar-refractivity contribution in [3.63, 3.8) is 0 Å². The van der Waals surface area contributed by atoms with Gasteiger partial charge in [0.15, 0.2) is 0 Å². The van der Waals surface area contributed by atoms with E-state index in [0.29, 0.717) is 5.92 Å². The fraction of sp³-hybridized carbons (Fsp3) is 0.889. The van der Waals surface area contributed by atoms with Gasteiger partial charge in [-0.2, -0.15) is 0 Å². The summed E-state index contributed by atoms with van der Waals surface area (Å²) in [5.74, 6) is 0.626. The molecule has 13 heavy (non-hydrogen) atoms. The molecule has 4 heteroatoms. The van der Waals surface area contributed by atoms with Crippen LogP contribution in [0.15, 0.2) is 0 Å². The van der Waals surface area contributed by atoms with Gasteiger partial charge in [0.05, 0.1) is 0 Å². The predicted molar refractivity (Wildman–Crippen MR) is 48.1 cm³/mol. The number of carbonyl (C=O) groups excluding carboxylic acids is 1. The van der Waals surface area contributed by atoms with Gasteiger partial charge in [-0.15, -0.1) is 0 Å². The van der Waals surface area contributed by atoms with Crippen LogP contribution in [-0.2, 0) is 9.53 Å². The van der Waals surface area contributed by atoms with Crippen LogP contribution < -0.4 is 5.73 Å². The van der Waals surface area contributed by atoms with E-state index in [0.717, 1.165) is 13.0 Å². The van der Waals surface area contributed by atoms with Gasteiger partial charge in [0.25, 0.3) is 5.91 Å². The summed E-state index contributed by atoms with van der Waals surface area (Å²) in [6.07, 6.45) is 0.759. The van der Waals surface area contributed by atoms with Crippen LogP contribution in [0.5, 0.6) is 0 Å². The highest BCUT2D eigenvalue weighted by Gasteiger charge is 2.52. The molecular weight excluding hydrogens is 168 g/mol. The van der Waals surface area contributed by atoms with Crippen molar-refractivity contribution in [2.24, 2.45) is 11.7 Å². The molecule has 1 saturated carbocycles. The van der Waals surface area contributed by atoms with Crippen LogP contribution in [0, 0.1) is 5.92 Å². The number of nitrogens with zero attached hydrogens (tertiary/aromatic N) is 1. The van der Waals surface area contributed by atoms with Crippen LogP contribution in [0.25, 0.3) is 0 Å². The van der Waals surface area contributed by atoms with Gasteiger partial charge in [-0.1, -0.05) is 0 Å². The Balaban J connectivity index is 1.99. The van der Waals surface area contributed by atoms with Crippen LogP contribution in [0.4, 0.5) is 0 Å². The average Bonchev–Trinajstić information content (AvgIpc) is 2.71. The quantitative estimate of drug-likeness (QED) is 0.634. The third-order valence-electron chi connectivity index (χ3n) is 3.35. The number of nitrogens with two attached hydrogens (primary N) is 1. The summed E-state index contributed by atoms with van der Waals surface area (Å²) >= 11 is 0. The van der Waals surface area contributed by atoms with E-state index in [1.165, 1.54) is 0 Å². The van der Waals surface area contributed by atoms with Gasteiger partial charge in [0, 0.05) is 25.7 Å². The van der Waals surface area contributed by atoms with Crippen molar-refractivity contribution in [1.29, 1.82) is 0 Å². The summed E-state index contributed by atoms with van der Waals surface area (Å²) in [6.45, 7) is 2.61. The van der Waals surface area contributed by atoms with Crippen LogP contribution >= 0.6 is 0 Å². The van der Waals surface area contributed by atoms with E-state index < -0.39 is 0 Å². The predicted octanol–water partition coefficient (Wildman–Crippen LogP) is -0.421. The Morgan fingerprint density at radius 3 is 2.77 bits per heavy atom. The maximum absolute atomic E-state index is 11.7. The molecule has 2 heterocycles. The van der Waals surface area contributed by atoms with E-state index >= 15 is 0 Å². The fourth-order valence-electron chi connectivity index (χ4n) is 2.25. The van der Waals surface area contributed by atoms with Crippen LogP contribution in [0.3, 0.4) is 0 Å². The summed E-state index contributed by atoms with van der Waals surface area (Å²) in [5, 5.41) is 0. The first-order valence-electron chi connectivity index (χ1n) is 4.74. The number of carbonyl (C=O) groups is 1. The van der Waals surface area contributed by atoms with Crippen molar-refractivity contribution in [2.75, 3.05) is 13.7 Å². The Bertz CT molecular complexity index is 232. The second-order valence-electron chi connectivity index (χ2n) is 4.01. The molecule has 4 nitrogen and oxygen atoms in total. The number of methoxy groups -OCH3 is 1. The molecule has 0 radical (unpaired) electrons. The van der Waals surface area contributed by atoms with Gasteiger partial charge in [0.1, 0.15) is 6.10 Å². The van der Waals surface area contributed by atoms with Crippen molar-refractivity contribution in [2.45, 2.75) is 31.5 Å². The fourth-order valence-corrected chi connectivity index (χ4v) is 2.25. The zero-order valence-electron chi connectivity index (χ0n) is 8.06. The summed E-state index contributed by atoms with van der Waals surface area (Å²) in [5.41, 5.74) is 5.86. The SMILES string of the molecule is COC(C)C(=O)N1CC2CC1C2N. The average molecular weight is 184 g/mol. The van der Waals surface area contributed by atoms with Crippen LogP contribution in [0.2, 0.25) is 0 Å². The molecule has 2 saturated heterocycles. The summed E-state index contributed by atoms with van der Waals surface area (Å²) < 4.78 is 4.99. The van der Waals surface area contributed by atoms with Gasteiger partial charge >= 0.3 is 0 Å². The molecule has 0 spiro atoms. The lowest BCUT2D eigenvalue weighted by Crippen LogP contribution is -2.51. The minimum atomic E-state index is -0.327. The second-order valence-corrected chi connectivity index (χ2v) is 4.01. The highest BCUT2D eigenvalue weighted by Crippen LogP contribution is 2.39. The lowest BCUT2D eigenvalue weighted by molar-refractivity contribution is -0.141. The van der Waals surface area contributed by atoms with E-state index in [-0.39, 0.29) is 24.1 Å². The van der Waals surface area contributed by atoms with Crippen molar-refractivity contribution in [3.8, 4) is 0 Å². The van der Waals surface area contributed by atoms with E-state index in [4.69, 9.17) is 10.5 Å². The summed E-state index contributed by atoms with van der Waals surface area (Å²) in [6, 6.07) is 0.503. The standard InChI is InChI=1S/C9H16N2O2/c1-5(13-2)9(12)11-4-6-3-7(11)8(6)10/h5-8H,3-4,10H2,1-2H3. The molecule has 0 aromatic rings. The van der Waals surface area contributed by atoms with Gasteiger partial charge in [0.2, 0.25) is 0 Å². The Kier molecular flexibility index (Phi) is 2.04. The normalized spacial score (nSPS) is 38.7. The molecule has 2 aliphatic heterocycles. The lowest BCUT2D eigenvalue weighted by atomic mass is 9.81. The third kappa shape index (κ3) is 1.16. The van der Waals surface area contributed by atoms with Crippen molar-refractivity contribution >= 4 is 5.91 Å². The van der Waals surface area contributed by atoms with E-state index in [1.807, 2.05) is 4.90 Å². The molecule has 74 valence electrons. The van der Waals surface area contributed by atoms with E-state index in [1.54, 1.807) is 14.0 Å². The van der Waals surface area contributed by atoms with Gasteiger partial charge < -0.3 is 15.4 Å². The molecule has 3 rings (SSSR count). The van der Waals surface area contributed by atoms with E-state index in [2.05, 4.69) is 0 Å². The van der Waals surface area contributed by atoms with Gasteiger partial charge in [-0.05, 0) is 19.3 Å². The molecule has 0 aromatic heterocycles. The molecule has 3 fully saturated rings. The Hall–Kier alpha value is -0.610. The molecular formula is C9H16N2O2. The summed E-state index contributed by atoms with van der Waals surface area (Å²) in [7, 11) is 1.56. The number of rotatable bonds is 2. The molecule has 2 bridgehead atoms. The zero-order chi connectivity index (χ0) is 9.59. The molecule has 2 N–H and O–H groups in total. The smallest absolute Gasteiger partial charge is 0.251 e. The minimum Gasteiger partial charge on any atom is -0.372 e. The Labute approximate surface area is 78.0 Å². The van der Waals surface area contributed by atoms with Crippen LogP contribution in [-0.4, -0.2) is 42.6 Å². The lowest BCUT2D eigenvalue weighted by Gasteiger charge is -2.33. The molecule has 0 aromatic carbocycles. The first-order valence-corrected chi connectivity index (χ1v) is 4.74. The molecule has 4 atom stereocenters. The van der Waals surface area contributed by atoms with Crippen molar-refractivity contribution in [3.05, 3.63) is 0 Å². The number of hydrogen-bond acceptors (Lipinski definition) is 3. The van der Waals surface area contributed by atoms with E-state index in [9.17, 15) is 4.79 Å². The molecule has 4 unspecified atom stereocenters. The minimum absolute atomic E-state index is 0.0861. The largest absolute Gasteiger partial charge is 0.372 e. The maximum atomic E-state index is 11.7. The third-order valence-corrected chi connectivity index (χ3v) is 3.35. The molecule has 1 aliphatic carbocycles. The van der Waals surface area contributed by atoms with Crippen molar-refractivity contribution in [1.82, 2.24) is 4.90 Å². The first kappa shape index (κ1) is 8.97. The Morgan fingerprint density at radius 1 is 1.69 bits per heavy atom. The Morgan fingerprint density at radius 2 is 2.38 bits per heavy atom. The van der Waals surface area contributed by atoms with Crippen molar-refractivity contribution < 1.29 is 9.53 Å². The number of fused-ring (bicyclic) bond motifs is 1. The topological polar surface area (TPSA) is 55.6 Å². The zero-order valence-corrected chi connectivity index (χ0v) is 8.06. The summed E-state index contributed by atoms with van der Waals surface area (Å²) in [4.78, 5) is 13.6. The second kappa shape index (κ2) is 2.96. The number of amides is 1. The highest BCUT2D eigenvalue weighted by molar-refractivity contribution is 5.81. The van der Waals surface area contributed by atoms with Gasteiger partial charge in [-0.25, -0.2) is 0 Å². The monoisotopic (exact) mass is 184 g/mol. The van der Waals surface area contributed by atoms with Crippen LogP contribution in [0.1, 0.15) is 13.3 Å². The van der Waals surface area contributed by atoms with Gasteiger partial charge in [-0.3, -0.25) is 4.79 Å².